The van der Waals surface area contributed by atoms with Crippen LogP contribution in [0.4, 0.5) is 17.1 Å². The van der Waals surface area contributed by atoms with Crippen LogP contribution in [0.2, 0.25) is 5.02 Å². The Morgan fingerprint density at radius 2 is 1.88 bits per heavy atom. The summed E-state index contributed by atoms with van der Waals surface area (Å²) < 4.78 is 26.7. The van der Waals surface area contributed by atoms with Gasteiger partial charge >= 0.3 is 0 Å². The zero-order valence-electron chi connectivity index (χ0n) is 13.0. The zero-order valence-corrected chi connectivity index (χ0v) is 14.6. The first-order valence-corrected chi connectivity index (χ1v) is 8.88. The highest BCUT2D eigenvalue weighted by Gasteiger charge is 2.22. The maximum absolute atomic E-state index is 12.2. The number of nitrogens with zero attached hydrogens (tertiary/aromatic N) is 1. The first kappa shape index (κ1) is 18.2. The molecule has 0 fully saturated rings. The number of hydrogen-bond donors (Lipinski definition) is 2. The van der Waals surface area contributed by atoms with Gasteiger partial charge in [0.1, 0.15) is 5.69 Å². The van der Waals surface area contributed by atoms with E-state index in [0.717, 1.165) is 6.07 Å². The van der Waals surface area contributed by atoms with Crippen LogP contribution in [0.3, 0.4) is 0 Å². The molecule has 2 aromatic carbocycles. The van der Waals surface area contributed by atoms with Gasteiger partial charge in [-0.3, -0.25) is 10.1 Å². The molecule has 0 unspecified atom stereocenters. The lowest BCUT2D eigenvalue weighted by molar-refractivity contribution is -0.384. The highest BCUT2D eigenvalue weighted by atomic mass is 35.5. The van der Waals surface area contributed by atoms with Crippen molar-refractivity contribution in [2.45, 2.75) is 24.8 Å². The summed E-state index contributed by atoms with van der Waals surface area (Å²) in [5.74, 6) is 0. The maximum atomic E-state index is 12.2. The van der Waals surface area contributed by atoms with Crippen LogP contribution in [0.25, 0.3) is 0 Å². The Morgan fingerprint density at radius 1 is 1.17 bits per heavy atom. The highest BCUT2D eigenvalue weighted by Crippen LogP contribution is 2.30. The Bertz CT molecular complexity index is 869. The van der Waals surface area contributed by atoms with Crippen molar-refractivity contribution in [1.82, 2.24) is 4.72 Å². The monoisotopic (exact) mass is 369 g/mol. The molecule has 0 aliphatic carbocycles. The van der Waals surface area contributed by atoms with E-state index in [2.05, 4.69) is 10.0 Å². The van der Waals surface area contributed by atoms with Gasteiger partial charge < -0.3 is 5.32 Å². The molecule has 2 rings (SSSR count). The number of rotatable bonds is 6. The summed E-state index contributed by atoms with van der Waals surface area (Å²) >= 11 is 5.89. The zero-order chi connectivity index (χ0) is 17.9. The van der Waals surface area contributed by atoms with E-state index in [4.69, 9.17) is 11.6 Å². The second-order valence-electron chi connectivity index (χ2n) is 5.35. The van der Waals surface area contributed by atoms with Crippen LogP contribution in [-0.2, 0) is 10.0 Å². The van der Waals surface area contributed by atoms with E-state index in [9.17, 15) is 18.5 Å². The van der Waals surface area contributed by atoms with Crippen LogP contribution >= 0.6 is 11.6 Å². The predicted octanol–water partition coefficient (Wildman–Crippen LogP) is 3.68. The number of hydrogen-bond acceptors (Lipinski definition) is 5. The number of nitrogens with one attached hydrogen (secondary N) is 2. The summed E-state index contributed by atoms with van der Waals surface area (Å²) in [5, 5.41) is 14.7. The molecule has 2 aromatic rings. The van der Waals surface area contributed by atoms with Crippen molar-refractivity contribution in [3.8, 4) is 0 Å². The first-order chi connectivity index (χ1) is 11.2. The normalized spacial score (nSPS) is 11.5. The standard InChI is InChI=1S/C15H16ClN3O4S/c1-10(2)18-24(22,23)13-6-7-14(15(9-13)19(20)21)17-12-5-3-4-11(16)8-12/h3-10,17-18H,1-2H3. The molecule has 0 aromatic heterocycles. The maximum Gasteiger partial charge on any atom is 0.294 e. The van der Waals surface area contributed by atoms with E-state index < -0.39 is 14.9 Å². The van der Waals surface area contributed by atoms with Crippen LogP contribution < -0.4 is 10.0 Å². The van der Waals surface area contributed by atoms with Crippen LogP contribution in [0.1, 0.15) is 13.8 Å². The van der Waals surface area contributed by atoms with Gasteiger partial charge in [0.15, 0.2) is 0 Å². The lowest BCUT2D eigenvalue weighted by Crippen LogP contribution is -2.30. The van der Waals surface area contributed by atoms with Gasteiger partial charge in [0.25, 0.3) is 5.69 Å². The fraction of sp³-hybridized carbons (Fsp3) is 0.200. The van der Waals surface area contributed by atoms with Gasteiger partial charge in [-0.25, -0.2) is 13.1 Å². The molecular weight excluding hydrogens is 354 g/mol. The van der Waals surface area contributed by atoms with Gasteiger partial charge in [0.05, 0.1) is 9.82 Å². The van der Waals surface area contributed by atoms with E-state index >= 15 is 0 Å². The second-order valence-corrected chi connectivity index (χ2v) is 7.50. The Morgan fingerprint density at radius 3 is 2.46 bits per heavy atom. The Balaban J connectivity index is 2.42. The molecule has 0 aliphatic heterocycles. The van der Waals surface area contributed by atoms with Crippen molar-refractivity contribution in [3.05, 3.63) is 57.6 Å². The van der Waals surface area contributed by atoms with Crippen molar-refractivity contribution in [2.75, 3.05) is 5.32 Å². The lowest BCUT2D eigenvalue weighted by Gasteiger charge is -2.11. The second kappa shape index (κ2) is 7.16. The number of nitro groups is 1. The third kappa shape index (κ3) is 4.44. The summed E-state index contributed by atoms with van der Waals surface area (Å²) in [6.07, 6.45) is 0. The topological polar surface area (TPSA) is 101 Å². The van der Waals surface area contributed by atoms with E-state index in [-0.39, 0.29) is 22.3 Å². The molecule has 0 aliphatic rings. The van der Waals surface area contributed by atoms with Crippen LogP contribution in [-0.4, -0.2) is 19.4 Å². The van der Waals surface area contributed by atoms with Gasteiger partial charge in [-0.15, -0.1) is 0 Å². The van der Waals surface area contributed by atoms with E-state index in [0.29, 0.717) is 10.7 Å². The summed E-state index contributed by atoms with van der Waals surface area (Å²) in [7, 11) is -3.82. The third-order valence-electron chi connectivity index (χ3n) is 2.97. The number of halogens is 1. The minimum absolute atomic E-state index is 0.167. The average molecular weight is 370 g/mol. The predicted molar refractivity (Wildman–Crippen MR) is 93.3 cm³/mol. The van der Waals surface area contributed by atoms with Crippen molar-refractivity contribution in [1.29, 1.82) is 0 Å². The smallest absolute Gasteiger partial charge is 0.294 e. The van der Waals surface area contributed by atoms with Crippen LogP contribution in [0.5, 0.6) is 0 Å². The van der Waals surface area contributed by atoms with E-state index in [1.165, 1.54) is 12.1 Å². The minimum Gasteiger partial charge on any atom is -0.350 e. The summed E-state index contributed by atoms with van der Waals surface area (Å²) in [4.78, 5) is 10.5. The van der Waals surface area contributed by atoms with Gasteiger partial charge in [-0.2, -0.15) is 0 Å². The molecule has 9 heteroatoms. The summed E-state index contributed by atoms with van der Waals surface area (Å²) in [5.41, 5.74) is 0.383. The summed E-state index contributed by atoms with van der Waals surface area (Å²) in [6.45, 7) is 3.34. The Kier molecular flexibility index (Phi) is 5.43. The van der Waals surface area contributed by atoms with E-state index in [1.807, 2.05) is 0 Å². The minimum atomic E-state index is -3.82. The molecule has 0 amide bonds. The third-order valence-corrected chi connectivity index (χ3v) is 4.86. The van der Waals surface area contributed by atoms with Gasteiger partial charge in [0.2, 0.25) is 10.0 Å². The summed E-state index contributed by atoms with van der Waals surface area (Å²) in [6, 6.07) is 10.0. The molecule has 0 saturated carbocycles. The molecule has 0 radical (unpaired) electrons. The van der Waals surface area contributed by atoms with Gasteiger partial charge in [0, 0.05) is 22.8 Å². The van der Waals surface area contributed by atoms with Gasteiger partial charge in [-0.1, -0.05) is 17.7 Å². The number of nitro benzene ring substituents is 1. The van der Waals surface area contributed by atoms with E-state index in [1.54, 1.807) is 38.1 Å². The Hall–Kier alpha value is -2.16. The highest BCUT2D eigenvalue weighted by molar-refractivity contribution is 7.89. The largest absolute Gasteiger partial charge is 0.350 e. The molecule has 24 heavy (non-hydrogen) atoms. The fourth-order valence-corrected chi connectivity index (χ4v) is 3.50. The number of anilines is 2. The molecular formula is C15H16ClN3O4S. The van der Waals surface area contributed by atoms with Crippen molar-refractivity contribution in [3.63, 3.8) is 0 Å². The molecule has 0 spiro atoms. The molecule has 2 N–H and O–H groups in total. The number of benzene rings is 2. The van der Waals surface area contributed by atoms with Crippen molar-refractivity contribution in [2.24, 2.45) is 0 Å². The molecule has 0 heterocycles. The SMILES string of the molecule is CC(C)NS(=O)(=O)c1ccc(Nc2cccc(Cl)c2)c([N+](=O)[O-])c1. The molecule has 7 nitrogen and oxygen atoms in total. The lowest BCUT2D eigenvalue weighted by atomic mass is 10.2. The molecule has 0 atom stereocenters. The van der Waals surface area contributed by atoms with Crippen LogP contribution in [0.15, 0.2) is 47.4 Å². The fourth-order valence-electron chi connectivity index (χ4n) is 2.04. The van der Waals surface area contributed by atoms with Crippen molar-refractivity contribution < 1.29 is 13.3 Å². The van der Waals surface area contributed by atoms with Crippen molar-refractivity contribution >= 4 is 38.7 Å². The Labute approximate surface area is 144 Å². The molecule has 0 saturated heterocycles. The molecule has 128 valence electrons. The average Bonchev–Trinajstić information content (AvgIpc) is 2.45. The molecule has 0 bridgehead atoms. The van der Waals surface area contributed by atoms with Gasteiger partial charge in [-0.05, 0) is 44.2 Å². The first-order valence-electron chi connectivity index (χ1n) is 7.02. The van der Waals surface area contributed by atoms with Crippen LogP contribution in [0, 0.1) is 10.1 Å². The number of sulfonamides is 1. The quantitative estimate of drug-likeness (QED) is 0.597.